The zero-order chi connectivity index (χ0) is 15.9. The zero-order valence-electron chi connectivity index (χ0n) is 11.8. The van der Waals surface area contributed by atoms with Crippen LogP contribution in [0.4, 0.5) is 14.5 Å². The predicted molar refractivity (Wildman–Crippen MR) is 79.5 cm³/mol. The first-order chi connectivity index (χ1) is 10.6. The van der Waals surface area contributed by atoms with Gasteiger partial charge in [-0.1, -0.05) is 6.07 Å². The van der Waals surface area contributed by atoms with Crippen LogP contribution in [-0.4, -0.2) is 24.2 Å². The van der Waals surface area contributed by atoms with Gasteiger partial charge in [-0.3, -0.25) is 4.79 Å². The predicted octanol–water partition coefficient (Wildman–Crippen LogP) is 2.30. The van der Waals surface area contributed by atoms with E-state index in [0.29, 0.717) is 11.3 Å². The summed E-state index contributed by atoms with van der Waals surface area (Å²) in [5.74, 6) is -1.31. The van der Waals surface area contributed by atoms with Gasteiger partial charge >= 0.3 is 0 Å². The first-order valence-electron chi connectivity index (χ1n) is 6.77. The third-order valence-electron chi connectivity index (χ3n) is 3.01. The van der Waals surface area contributed by atoms with Gasteiger partial charge in [-0.2, -0.15) is 0 Å². The molecule has 6 heteroatoms. The van der Waals surface area contributed by atoms with Crippen molar-refractivity contribution in [1.29, 1.82) is 0 Å². The first kappa shape index (κ1) is 15.9. The van der Waals surface area contributed by atoms with E-state index in [1.165, 1.54) is 0 Å². The fourth-order valence-electron chi connectivity index (χ4n) is 1.92. The molecule has 0 spiro atoms. The van der Waals surface area contributed by atoms with Crippen LogP contribution in [-0.2, 0) is 6.54 Å². The van der Waals surface area contributed by atoms with Crippen LogP contribution in [0.2, 0.25) is 0 Å². The molecule has 0 saturated heterocycles. The smallest absolute Gasteiger partial charge is 0.251 e. The Kier molecular flexibility index (Phi) is 5.43. The van der Waals surface area contributed by atoms with Gasteiger partial charge in [0.25, 0.3) is 5.91 Å². The van der Waals surface area contributed by atoms with Gasteiger partial charge < -0.3 is 15.7 Å². The molecule has 0 aromatic heterocycles. The molecule has 0 aliphatic heterocycles. The van der Waals surface area contributed by atoms with E-state index in [4.69, 9.17) is 5.11 Å². The Balaban J connectivity index is 2.04. The molecular formula is C16H16F2N2O2. The van der Waals surface area contributed by atoms with Crippen molar-refractivity contribution >= 4 is 11.6 Å². The lowest BCUT2D eigenvalue weighted by Crippen LogP contribution is -2.26. The molecule has 0 fully saturated rings. The number of carbonyl (C=O) groups is 1. The minimum atomic E-state index is -0.504. The highest BCUT2D eigenvalue weighted by Gasteiger charge is 2.07. The Bertz CT molecular complexity index is 662. The molecule has 0 aliphatic carbocycles. The first-order valence-corrected chi connectivity index (χ1v) is 6.77. The van der Waals surface area contributed by atoms with E-state index in [9.17, 15) is 13.6 Å². The molecule has 0 unspecified atom stereocenters. The Labute approximate surface area is 126 Å². The van der Waals surface area contributed by atoms with E-state index in [2.05, 4.69) is 10.6 Å². The molecule has 3 N–H and O–H groups in total. The molecule has 0 saturated carbocycles. The van der Waals surface area contributed by atoms with Crippen LogP contribution in [0.3, 0.4) is 0 Å². The van der Waals surface area contributed by atoms with E-state index in [1.807, 2.05) is 0 Å². The van der Waals surface area contributed by atoms with Gasteiger partial charge in [0, 0.05) is 29.9 Å². The molecule has 1 amide bonds. The van der Waals surface area contributed by atoms with Crippen molar-refractivity contribution in [2.24, 2.45) is 0 Å². The Morgan fingerprint density at radius 1 is 1.14 bits per heavy atom. The van der Waals surface area contributed by atoms with Crippen LogP contribution < -0.4 is 10.6 Å². The molecule has 0 bridgehead atoms. The van der Waals surface area contributed by atoms with Gasteiger partial charge in [0.1, 0.15) is 11.6 Å². The number of halogens is 2. The highest BCUT2D eigenvalue weighted by Crippen LogP contribution is 2.15. The summed E-state index contributed by atoms with van der Waals surface area (Å²) in [5, 5.41) is 14.2. The topological polar surface area (TPSA) is 61.4 Å². The fraction of sp³-hybridized carbons (Fsp3) is 0.188. The Morgan fingerprint density at radius 2 is 1.95 bits per heavy atom. The SMILES string of the molecule is O=C(NCCO)c1cccc(NCc2cc(F)ccc2F)c1. The minimum absolute atomic E-state index is 0.102. The number of carbonyl (C=O) groups excluding carboxylic acids is 1. The van der Waals surface area contributed by atoms with Gasteiger partial charge in [-0.05, 0) is 36.4 Å². The summed E-state index contributed by atoms with van der Waals surface area (Å²) >= 11 is 0. The van der Waals surface area contributed by atoms with Crippen molar-refractivity contribution in [3.05, 3.63) is 65.2 Å². The van der Waals surface area contributed by atoms with Crippen LogP contribution in [0, 0.1) is 11.6 Å². The Morgan fingerprint density at radius 3 is 2.73 bits per heavy atom. The van der Waals surface area contributed by atoms with Gasteiger partial charge in [-0.25, -0.2) is 8.78 Å². The third kappa shape index (κ3) is 4.26. The number of nitrogens with one attached hydrogen (secondary N) is 2. The summed E-state index contributed by atoms with van der Waals surface area (Å²) in [6.45, 7) is 0.138. The maximum Gasteiger partial charge on any atom is 0.251 e. The second-order valence-corrected chi connectivity index (χ2v) is 4.65. The second kappa shape index (κ2) is 7.51. The number of aliphatic hydroxyl groups is 1. The number of benzene rings is 2. The van der Waals surface area contributed by atoms with Crippen molar-refractivity contribution in [1.82, 2.24) is 5.32 Å². The summed E-state index contributed by atoms with van der Waals surface area (Å²) in [4.78, 5) is 11.8. The fourth-order valence-corrected chi connectivity index (χ4v) is 1.92. The van der Waals surface area contributed by atoms with Crippen molar-refractivity contribution in [2.45, 2.75) is 6.54 Å². The van der Waals surface area contributed by atoms with Crippen LogP contribution in [0.15, 0.2) is 42.5 Å². The van der Waals surface area contributed by atoms with Crippen LogP contribution >= 0.6 is 0 Å². The van der Waals surface area contributed by atoms with Crippen molar-refractivity contribution in [2.75, 3.05) is 18.5 Å². The second-order valence-electron chi connectivity index (χ2n) is 4.65. The summed E-state index contributed by atoms with van der Waals surface area (Å²) in [6, 6.07) is 9.89. The van der Waals surface area contributed by atoms with Gasteiger partial charge in [0.15, 0.2) is 0 Å². The highest BCUT2D eigenvalue weighted by molar-refractivity contribution is 5.95. The van der Waals surface area contributed by atoms with Crippen molar-refractivity contribution in [3.63, 3.8) is 0 Å². The van der Waals surface area contributed by atoms with E-state index >= 15 is 0 Å². The monoisotopic (exact) mass is 306 g/mol. The summed E-state index contributed by atoms with van der Waals surface area (Å²) in [5.41, 5.74) is 1.23. The van der Waals surface area contributed by atoms with E-state index in [0.717, 1.165) is 18.2 Å². The Hall–Kier alpha value is -2.47. The molecule has 2 aromatic rings. The summed E-state index contributed by atoms with van der Waals surface area (Å²) < 4.78 is 26.6. The lowest BCUT2D eigenvalue weighted by molar-refractivity contribution is 0.0945. The maximum absolute atomic E-state index is 13.5. The van der Waals surface area contributed by atoms with Gasteiger partial charge in [0.05, 0.1) is 6.61 Å². The number of hydrogen-bond acceptors (Lipinski definition) is 3. The minimum Gasteiger partial charge on any atom is -0.395 e. The third-order valence-corrected chi connectivity index (χ3v) is 3.01. The summed E-state index contributed by atoms with van der Waals surface area (Å²) in [7, 11) is 0. The molecule has 0 aliphatic rings. The molecule has 22 heavy (non-hydrogen) atoms. The molecule has 0 atom stereocenters. The van der Waals surface area contributed by atoms with Crippen molar-refractivity contribution in [3.8, 4) is 0 Å². The number of hydrogen-bond donors (Lipinski definition) is 3. The molecule has 0 heterocycles. The quantitative estimate of drug-likeness (QED) is 0.767. The zero-order valence-corrected chi connectivity index (χ0v) is 11.8. The molecular weight excluding hydrogens is 290 g/mol. The maximum atomic E-state index is 13.5. The van der Waals surface area contributed by atoms with Crippen LogP contribution in [0.1, 0.15) is 15.9 Å². The normalized spacial score (nSPS) is 10.3. The number of anilines is 1. The molecule has 2 rings (SSSR count). The molecule has 2 aromatic carbocycles. The van der Waals surface area contributed by atoms with E-state index in [1.54, 1.807) is 24.3 Å². The van der Waals surface area contributed by atoms with Crippen molar-refractivity contribution < 1.29 is 18.7 Å². The number of amides is 1. The summed E-state index contributed by atoms with van der Waals surface area (Å²) in [6.07, 6.45) is 0. The van der Waals surface area contributed by atoms with E-state index < -0.39 is 11.6 Å². The van der Waals surface area contributed by atoms with Crippen LogP contribution in [0.25, 0.3) is 0 Å². The molecule has 4 nitrogen and oxygen atoms in total. The lowest BCUT2D eigenvalue weighted by atomic mass is 10.1. The van der Waals surface area contributed by atoms with Gasteiger partial charge in [0.2, 0.25) is 0 Å². The number of rotatable bonds is 6. The van der Waals surface area contributed by atoms with Crippen LogP contribution in [0.5, 0.6) is 0 Å². The van der Waals surface area contributed by atoms with Gasteiger partial charge in [-0.15, -0.1) is 0 Å². The standard InChI is InChI=1S/C16H16F2N2O2/c17-13-4-5-15(18)12(8-13)10-20-14-3-1-2-11(9-14)16(22)19-6-7-21/h1-5,8-9,20-21H,6-7,10H2,(H,19,22). The average Bonchev–Trinajstić information content (AvgIpc) is 2.53. The number of aliphatic hydroxyl groups excluding tert-OH is 1. The van der Waals surface area contributed by atoms with E-state index in [-0.39, 0.29) is 31.2 Å². The lowest BCUT2D eigenvalue weighted by Gasteiger charge is -2.09. The molecule has 0 radical (unpaired) electrons. The highest BCUT2D eigenvalue weighted by atomic mass is 19.1. The average molecular weight is 306 g/mol. The molecule has 116 valence electrons. The largest absolute Gasteiger partial charge is 0.395 e.